The predicted molar refractivity (Wildman–Crippen MR) is 138 cm³/mol. The van der Waals surface area contributed by atoms with Crippen molar-refractivity contribution in [3.8, 4) is 0 Å². The third-order valence-electron chi connectivity index (χ3n) is 8.14. The quantitative estimate of drug-likeness (QED) is 0.336. The number of rotatable bonds is 6. The highest BCUT2D eigenvalue weighted by Crippen LogP contribution is 2.39. The molecule has 0 radical (unpaired) electrons. The highest BCUT2D eigenvalue weighted by molar-refractivity contribution is 5.49. The van der Waals surface area contributed by atoms with Crippen LogP contribution in [-0.2, 0) is 16.1 Å². The molecule has 4 aliphatic rings. The van der Waals surface area contributed by atoms with Gasteiger partial charge in [-0.2, -0.15) is 0 Å². The molecule has 0 spiro atoms. The lowest BCUT2D eigenvalue weighted by Crippen LogP contribution is -2.40. The van der Waals surface area contributed by atoms with Crippen molar-refractivity contribution < 1.29 is 9.47 Å². The van der Waals surface area contributed by atoms with E-state index in [9.17, 15) is 0 Å². The van der Waals surface area contributed by atoms with Crippen molar-refractivity contribution in [2.75, 3.05) is 19.8 Å². The number of hydrogen-bond donors (Lipinski definition) is 0. The van der Waals surface area contributed by atoms with Crippen molar-refractivity contribution in [3.63, 3.8) is 0 Å². The number of allylic oxidation sites excluding steroid dienone is 2. The fourth-order valence-electron chi connectivity index (χ4n) is 6.16. The summed E-state index contributed by atoms with van der Waals surface area (Å²) in [5, 5.41) is 0. The van der Waals surface area contributed by atoms with Crippen molar-refractivity contribution in [3.05, 3.63) is 88.5 Å². The standard InChI is InChI=1S/C31H39NO2/c1-23-19-28(15-17-32(23)24(2)34-21-25-9-5-3-6-10-25)27-13-14-30(26-11-7-4-8-12-26)31-22-33-18-16-29(31)20-27/h3,5-6,9-10,13,20,23,26,28H,2,4,7-8,11-12,15-19,21-22H2,1H3/t23-,28?/m1/s1. The summed E-state index contributed by atoms with van der Waals surface area (Å²) < 4.78 is 12.0. The molecule has 2 atom stereocenters. The van der Waals surface area contributed by atoms with E-state index in [0.717, 1.165) is 44.9 Å². The molecule has 180 valence electrons. The molecule has 1 aromatic rings. The van der Waals surface area contributed by atoms with Gasteiger partial charge in [0.1, 0.15) is 6.61 Å². The Labute approximate surface area is 205 Å². The first-order chi connectivity index (χ1) is 16.7. The molecule has 2 aliphatic carbocycles. The van der Waals surface area contributed by atoms with Crippen LogP contribution in [0, 0.1) is 11.8 Å². The normalized spacial score (nSPS) is 25.9. The molecule has 0 aromatic heterocycles. The Morgan fingerprint density at radius 2 is 1.94 bits per heavy atom. The average Bonchev–Trinajstić information content (AvgIpc) is 3.08. The zero-order valence-corrected chi connectivity index (χ0v) is 20.7. The highest BCUT2D eigenvalue weighted by Gasteiger charge is 2.30. The predicted octanol–water partition coefficient (Wildman–Crippen LogP) is 7.09. The molecule has 2 aliphatic heterocycles. The largest absolute Gasteiger partial charge is 0.475 e. The van der Waals surface area contributed by atoms with Gasteiger partial charge in [0.05, 0.1) is 13.2 Å². The minimum absolute atomic E-state index is 0.407. The molecule has 0 N–H and O–H groups in total. The van der Waals surface area contributed by atoms with Gasteiger partial charge in [-0.15, -0.1) is 5.73 Å². The highest BCUT2D eigenvalue weighted by atomic mass is 16.5. The van der Waals surface area contributed by atoms with Gasteiger partial charge in [0.2, 0.25) is 0 Å². The second kappa shape index (κ2) is 10.8. The third kappa shape index (κ3) is 5.27. The fraction of sp³-hybridized carbons (Fsp3) is 0.516. The molecule has 2 fully saturated rings. The SMILES string of the molecule is C=C(OCc1ccccc1)N1CCC(C2=CC3=C(COCC3)C(C3CCCCC3)=C=C2)C[C@H]1C. The summed E-state index contributed by atoms with van der Waals surface area (Å²) >= 11 is 0. The van der Waals surface area contributed by atoms with Gasteiger partial charge < -0.3 is 14.4 Å². The smallest absolute Gasteiger partial charge is 0.182 e. The molecular formula is C31H39NO2. The molecule has 1 saturated heterocycles. The van der Waals surface area contributed by atoms with E-state index in [1.807, 2.05) is 6.07 Å². The maximum Gasteiger partial charge on any atom is 0.182 e. The first kappa shape index (κ1) is 23.3. The van der Waals surface area contributed by atoms with E-state index in [2.05, 4.69) is 60.6 Å². The Morgan fingerprint density at radius 1 is 1.12 bits per heavy atom. The van der Waals surface area contributed by atoms with Crippen LogP contribution in [0.25, 0.3) is 0 Å². The Balaban J connectivity index is 1.28. The lowest BCUT2D eigenvalue weighted by molar-refractivity contribution is 0.0556. The van der Waals surface area contributed by atoms with Crippen LogP contribution in [0.4, 0.5) is 0 Å². The summed E-state index contributed by atoms with van der Waals surface area (Å²) in [6.07, 6.45) is 14.8. The lowest BCUT2D eigenvalue weighted by atomic mass is 9.79. The van der Waals surface area contributed by atoms with Crippen LogP contribution in [0.2, 0.25) is 0 Å². The second-order valence-corrected chi connectivity index (χ2v) is 10.4. The van der Waals surface area contributed by atoms with Gasteiger partial charge in [-0.25, -0.2) is 0 Å². The van der Waals surface area contributed by atoms with E-state index in [-0.39, 0.29) is 0 Å². The van der Waals surface area contributed by atoms with Gasteiger partial charge in [-0.1, -0.05) is 55.7 Å². The summed E-state index contributed by atoms with van der Waals surface area (Å²) in [5.74, 6) is 2.02. The van der Waals surface area contributed by atoms with E-state index in [0.29, 0.717) is 24.5 Å². The summed E-state index contributed by atoms with van der Waals surface area (Å²) in [6, 6.07) is 10.7. The monoisotopic (exact) mass is 457 g/mol. The minimum atomic E-state index is 0.407. The van der Waals surface area contributed by atoms with Crippen molar-refractivity contribution >= 4 is 0 Å². The topological polar surface area (TPSA) is 21.7 Å². The van der Waals surface area contributed by atoms with E-state index in [1.165, 1.54) is 60.0 Å². The van der Waals surface area contributed by atoms with Crippen LogP contribution in [-0.4, -0.2) is 30.7 Å². The number of piperidine rings is 1. The molecule has 5 rings (SSSR count). The molecule has 2 heterocycles. The first-order valence-electron chi connectivity index (χ1n) is 13.3. The fourth-order valence-corrected chi connectivity index (χ4v) is 6.16. The second-order valence-electron chi connectivity index (χ2n) is 10.4. The minimum Gasteiger partial charge on any atom is -0.475 e. The number of nitrogens with zero attached hydrogens (tertiary/aromatic N) is 1. The maximum absolute atomic E-state index is 6.06. The molecule has 0 bridgehead atoms. The van der Waals surface area contributed by atoms with Gasteiger partial charge >= 0.3 is 0 Å². The molecule has 34 heavy (non-hydrogen) atoms. The molecule has 1 aromatic carbocycles. The lowest BCUT2D eigenvalue weighted by Gasteiger charge is -2.40. The van der Waals surface area contributed by atoms with Crippen molar-refractivity contribution in [1.29, 1.82) is 0 Å². The molecule has 3 nitrogen and oxygen atoms in total. The first-order valence-corrected chi connectivity index (χ1v) is 13.3. The van der Waals surface area contributed by atoms with Gasteiger partial charge in [0.15, 0.2) is 5.88 Å². The summed E-state index contributed by atoms with van der Waals surface area (Å²) in [5.41, 5.74) is 10.9. The number of benzene rings is 1. The van der Waals surface area contributed by atoms with Crippen molar-refractivity contribution in [1.82, 2.24) is 4.90 Å². The molecule has 0 amide bonds. The number of hydrogen-bond acceptors (Lipinski definition) is 3. The summed E-state index contributed by atoms with van der Waals surface area (Å²) in [7, 11) is 0. The molecule has 1 saturated carbocycles. The van der Waals surface area contributed by atoms with E-state index >= 15 is 0 Å². The average molecular weight is 458 g/mol. The Kier molecular flexibility index (Phi) is 7.42. The summed E-state index contributed by atoms with van der Waals surface area (Å²) in [4.78, 5) is 2.35. The van der Waals surface area contributed by atoms with Crippen LogP contribution in [0.1, 0.15) is 63.9 Å². The van der Waals surface area contributed by atoms with Gasteiger partial charge in [0.25, 0.3) is 0 Å². The molecule has 1 unspecified atom stereocenters. The van der Waals surface area contributed by atoms with Gasteiger partial charge in [0, 0.05) is 18.2 Å². The van der Waals surface area contributed by atoms with Crippen LogP contribution in [0.5, 0.6) is 0 Å². The van der Waals surface area contributed by atoms with Crippen molar-refractivity contribution in [2.24, 2.45) is 11.8 Å². The van der Waals surface area contributed by atoms with Gasteiger partial charge in [-0.05, 0) is 85.8 Å². The van der Waals surface area contributed by atoms with Crippen LogP contribution >= 0.6 is 0 Å². The van der Waals surface area contributed by atoms with Gasteiger partial charge in [-0.3, -0.25) is 0 Å². The Bertz CT molecular complexity index is 1010. The van der Waals surface area contributed by atoms with E-state index in [1.54, 1.807) is 0 Å². The number of ether oxygens (including phenoxy) is 2. The summed E-state index contributed by atoms with van der Waals surface area (Å²) in [6.45, 7) is 9.74. The van der Waals surface area contributed by atoms with Crippen LogP contribution in [0.15, 0.2) is 83.0 Å². The van der Waals surface area contributed by atoms with Crippen LogP contribution in [0.3, 0.4) is 0 Å². The Hall–Kier alpha value is -2.48. The number of likely N-dealkylation sites (tertiary alicyclic amines) is 1. The Morgan fingerprint density at radius 3 is 2.74 bits per heavy atom. The van der Waals surface area contributed by atoms with Crippen LogP contribution < -0.4 is 0 Å². The molecular weight excluding hydrogens is 418 g/mol. The zero-order valence-electron chi connectivity index (χ0n) is 20.7. The molecule has 3 heteroatoms. The zero-order chi connectivity index (χ0) is 23.3. The van der Waals surface area contributed by atoms with E-state index < -0.39 is 0 Å². The van der Waals surface area contributed by atoms with E-state index in [4.69, 9.17) is 9.47 Å². The van der Waals surface area contributed by atoms with Crippen molar-refractivity contribution in [2.45, 2.75) is 70.9 Å². The maximum atomic E-state index is 6.06. The third-order valence-corrected chi connectivity index (χ3v) is 8.14.